The summed E-state index contributed by atoms with van der Waals surface area (Å²) < 4.78 is 13.7. The summed E-state index contributed by atoms with van der Waals surface area (Å²) in [6.45, 7) is 0.468. The highest BCUT2D eigenvalue weighted by Crippen LogP contribution is 2.23. The van der Waals surface area contributed by atoms with Crippen LogP contribution in [-0.4, -0.2) is 4.98 Å². The molecule has 1 aromatic heterocycles. The molecule has 0 amide bonds. The number of aromatic nitrogens is 1. The van der Waals surface area contributed by atoms with Gasteiger partial charge in [-0.2, -0.15) is 5.26 Å². The van der Waals surface area contributed by atoms with Gasteiger partial charge in [0.05, 0.1) is 17.8 Å². The number of halogens is 2. The van der Waals surface area contributed by atoms with Gasteiger partial charge in [0.15, 0.2) is 0 Å². The van der Waals surface area contributed by atoms with Crippen molar-refractivity contribution in [1.82, 2.24) is 4.98 Å². The van der Waals surface area contributed by atoms with E-state index in [1.54, 1.807) is 24.4 Å². The Kier molecular flexibility index (Phi) is 3.90. The zero-order valence-corrected chi connectivity index (χ0v) is 10.9. The number of hydrogen-bond donors (Lipinski definition) is 1. The quantitative estimate of drug-likeness (QED) is 0.944. The molecule has 0 bridgehead atoms. The maximum Gasteiger partial charge on any atom is 0.141 e. The Morgan fingerprint density at radius 2 is 2.17 bits per heavy atom. The molecule has 90 valence electrons. The highest BCUT2D eigenvalue weighted by atomic mass is 79.9. The molecule has 0 saturated carbocycles. The van der Waals surface area contributed by atoms with E-state index >= 15 is 0 Å². The largest absolute Gasteiger partial charge is 0.380 e. The topological polar surface area (TPSA) is 48.7 Å². The van der Waals surface area contributed by atoms with Crippen LogP contribution in [0.15, 0.2) is 41.1 Å². The summed E-state index contributed by atoms with van der Waals surface area (Å²) in [4.78, 5) is 3.78. The van der Waals surface area contributed by atoms with Gasteiger partial charge in [-0.05, 0) is 45.8 Å². The molecule has 2 aromatic rings. The molecule has 1 heterocycles. The van der Waals surface area contributed by atoms with Gasteiger partial charge in [-0.25, -0.2) is 4.39 Å². The average Bonchev–Trinajstić information content (AvgIpc) is 2.37. The van der Waals surface area contributed by atoms with Crippen LogP contribution < -0.4 is 5.32 Å². The van der Waals surface area contributed by atoms with E-state index in [0.717, 1.165) is 15.7 Å². The molecule has 0 aliphatic rings. The van der Waals surface area contributed by atoms with Gasteiger partial charge in [-0.3, -0.25) is 4.98 Å². The van der Waals surface area contributed by atoms with Crippen LogP contribution in [0, 0.1) is 17.1 Å². The Labute approximate surface area is 112 Å². The predicted octanol–water partition coefficient (Wildman–Crippen LogP) is 3.47. The van der Waals surface area contributed by atoms with Crippen molar-refractivity contribution in [3.05, 3.63) is 58.1 Å². The average molecular weight is 306 g/mol. The molecule has 1 N–H and O–H groups in total. The summed E-state index contributed by atoms with van der Waals surface area (Å²) in [5.41, 5.74) is 2.18. The molecule has 1 aromatic carbocycles. The standard InChI is InChI=1S/C13H9BrFN3/c14-12-4-9(5-16)1-2-13(12)18-7-10-3-11(15)8-17-6-10/h1-4,6,8,18H,7H2. The van der Waals surface area contributed by atoms with Crippen molar-refractivity contribution in [1.29, 1.82) is 5.26 Å². The fourth-order valence-electron chi connectivity index (χ4n) is 1.48. The Hall–Kier alpha value is -1.93. The van der Waals surface area contributed by atoms with Gasteiger partial charge in [0.2, 0.25) is 0 Å². The van der Waals surface area contributed by atoms with E-state index in [4.69, 9.17) is 5.26 Å². The maximum atomic E-state index is 12.9. The number of pyridine rings is 1. The minimum Gasteiger partial charge on any atom is -0.380 e. The first-order valence-corrected chi connectivity index (χ1v) is 6.01. The van der Waals surface area contributed by atoms with Gasteiger partial charge in [0, 0.05) is 22.9 Å². The second kappa shape index (κ2) is 5.61. The number of benzene rings is 1. The summed E-state index contributed by atoms with van der Waals surface area (Å²) in [7, 11) is 0. The summed E-state index contributed by atoms with van der Waals surface area (Å²) in [6.07, 6.45) is 2.77. The van der Waals surface area contributed by atoms with Crippen molar-refractivity contribution in [3.8, 4) is 6.07 Å². The lowest BCUT2D eigenvalue weighted by Crippen LogP contribution is -2.01. The lowest BCUT2D eigenvalue weighted by Gasteiger charge is -2.08. The van der Waals surface area contributed by atoms with Crippen molar-refractivity contribution in [2.75, 3.05) is 5.32 Å². The number of nitriles is 1. The minimum atomic E-state index is -0.354. The van der Waals surface area contributed by atoms with Crippen LogP contribution >= 0.6 is 15.9 Å². The van der Waals surface area contributed by atoms with Crippen molar-refractivity contribution in [2.45, 2.75) is 6.54 Å². The third-order valence-corrected chi connectivity index (χ3v) is 3.00. The van der Waals surface area contributed by atoms with E-state index in [-0.39, 0.29) is 5.82 Å². The summed E-state index contributed by atoms with van der Waals surface area (Å²) in [6, 6.07) is 8.74. The Balaban J connectivity index is 2.09. The van der Waals surface area contributed by atoms with Crippen LogP contribution in [0.4, 0.5) is 10.1 Å². The minimum absolute atomic E-state index is 0.354. The van der Waals surface area contributed by atoms with Crippen molar-refractivity contribution in [2.24, 2.45) is 0 Å². The van der Waals surface area contributed by atoms with Crippen LogP contribution in [0.2, 0.25) is 0 Å². The number of nitrogens with one attached hydrogen (secondary N) is 1. The first-order valence-electron chi connectivity index (χ1n) is 5.22. The van der Waals surface area contributed by atoms with Gasteiger partial charge < -0.3 is 5.32 Å². The molecule has 3 nitrogen and oxygen atoms in total. The van der Waals surface area contributed by atoms with Crippen LogP contribution in [0.25, 0.3) is 0 Å². The number of rotatable bonds is 3. The molecule has 0 aliphatic heterocycles. The van der Waals surface area contributed by atoms with E-state index in [2.05, 4.69) is 32.3 Å². The van der Waals surface area contributed by atoms with E-state index < -0.39 is 0 Å². The van der Waals surface area contributed by atoms with Crippen molar-refractivity contribution in [3.63, 3.8) is 0 Å². The van der Waals surface area contributed by atoms with E-state index in [0.29, 0.717) is 12.1 Å². The third kappa shape index (κ3) is 3.05. The first kappa shape index (κ1) is 12.5. The van der Waals surface area contributed by atoms with Crippen LogP contribution in [0.5, 0.6) is 0 Å². The molecular weight excluding hydrogens is 297 g/mol. The number of nitrogens with zero attached hydrogens (tertiary/aromatic N) is 2. The second-order valence-electron chi connectivity index (χ2n) is 3.67. The van der Waals surface area contributed by atoms with Crippen LogP contribution in [0.1, 0.15) is 11.1 Å². The van der Waals surface area contributed by atoms with Gasteiger partial charge in [0.25, 0.3) is 0 Å². The third-order valence-electron chi connectivity index (χ3n) is 2.34. The maximum absolute atomic E-state index is 12.9. The fraction of sp³-hybridized carbons (Fsp3) is 0.0769. The zero-order valence-electron chi connectivity index (χ0n) is 9.32. The lowest BCUT2D eigenvalue weighted by atomic mass is 10.2. The highest BCUT2D eigenvalue weighted by Gasteiger charge is 2.02. The molecule has 0 saturated heterocycles. The molecule has 0 aliphatic carbocycles. The predicted molar refractivity (Wildman–Crippen MR) is 70.4 cm³/mol. The molecule has 5 heteroatoms. The van der Waals surface area contributed by atoms with Crippen LogP contribution in [-0.2, 0) is 6.54 Å². The number of anilines is 1. The Morgan fingerprint density at radius 1 is 1.33 bits per heavy atom. The molecule has 2 rings (SSSR count). The van der Waals surface area contributed by atoms with Crippen molar-refractivity contribution < 1.29 is 4.39 Å². The molecule has 0 spiro atoms. The zero-order chi connectivity index (χ0) is 13.0. The summed E-state index contributed by atoms with van der Waals surface area (Å²) in [5.74, 6) is -0.354. The first-order chi connectivity index (χ1) is 8.69. The molecule has 18 heavy (non-hydrogen) atoms. The molecule has 0 radical (unpaired) electrons. The van der Waals surface area contributed by atoms with E-state index in [1.807, 2.05) is 0 Å². The van der Waals surface area contributed by atoms with Gasteiger partial charge in [-0.15, -0.1) is 0 Å². The molecule has 0 atom stereocenters. The monoisotopic (exact) mass is 305 g/mol. The second-order valence-corrected chi connectivity index (χ2v) is 4.53. The molecular formula is C13H9BrFN3. The smallest absolute Gasteiger partial charge is 0.141 e. The van der Waals surface area contributed by atoms with Gasteiger partial charge in [-0.1, -0.05) is 0 Å². The normalized spacial score (nSPS) is 9.83. The lowest BCUT2D eigenvalue weighted by molar-refractivity contribution is 0.619. The summed E-state index contributed by atoms with van der Waals surface area (Å²) >= 11 is 3.37. The van der Waals surface area contributed by atoms with Gasteiger partial charge >= 0.3 is 0 Å². The fourth-order valence-corrected chi connectivity index (χ4v) is 2.00. The van der Waals surface area contributed by atoms with Crippen LogP contribution in [0.3, 0.4) is 0 Å². The summed E-state index contributed by atoms with van der Waals surface area (Å²) in [5, 5.41) is 11.9. The highest BCUT2D eigenvalue weighted by molar-refractivity contribution is 9.10. The Bertz CT molecular complexity index is 607. The SMILES string of the molecule is N#Cc1ccc(NCc2cncc(F)c2)c(Br)c1. The number of hydrogen-bond acceptors (Lipinski definition) is 3. The van der Waals surface area contributed by atoms with E-state index in [9.17, 15) is 4.39 Å². The molecule has 0 fully saturated rings. The van der Waals surface area contributed by atoms with Crippen molar-refractivity contribution >= 4 is 21.6 Å². The van der Waals surface area contributed by atoms with E-state index in [1.165, 1.54) is 12.3 Å². The molecule has 0 unspecified atom stereocenters. The Morgan fingerprint density at radius 3 is 2.83 bits per heavy atom. The van der Waals surface area contributed by atoms with Gasteiger partial charge in [0.1, 0.15) is 5.82 Å².